The minimum absolute atomic E-state index is 0. The van der Waals surface area contributed by atoms with Crippen LogP contribution in [0.1, 0.15) is 0 Å². The molecule has 0 spiro atoms. The van der Waals surface area contributed by atoms with Crippen molar-refractivity contribution in [3.8, 4) is 0 Å². The number of benzene rings is 1. The van der Waals surface area contributed by atoms with E-state index < -0.39 is 10.1 Å². The zero-order valence-electron chi connectivity index (χ0n) is 6.32. The number of hydrogen-bond donors (Lipinski definition) is 0. The van der Waals surface area contributed by atoms with Crippen LogP contribution in [0.15, 0.2) is 33.6 Å². The predicted octanol–water partition coefficient (Wildman–Crippen LogP) is -1.64. The largest absolute Gasteiger partial charge is 1.00 e. The monoisotopic (exact) mass is 274 g/mol. The Bertz CT molecular complexity index is 363. The van der Waals surface area contributed by atoms with Crippen molar-refractivity contribution in [1.82, 2.24) is 0 Å². The molecule has 0 amide bonds. The summed E-state index contributed by atoms with van der Waals surface area (Å²) in [6.45, 7) is 0. The Morgan fingerprint density at radius 2 is 1.92 bits per heavy atom. The Balaban J connectivity index is 0.00000121. The van der Waals surface area contributed by atoms with E-state index in [1.807, 2.05) is 0 Å². The first kappa shape index (κ1) is 13.2. The van der Waals surface area contributed by atoms with E-state index in [1.54, 1.807) is 6.07 Å². The van der Waals surface area contributed by atoms with Crippen molar-refractivity contribution in [2.24, 2.45) is 0 Å². The third kappa shape index (κ3) is 3.97. The molecule has 0 bridgehead atoms. The smallest absolute Gasteiger partial charge is 0.744 e. The Morgan fingerprint density at radius 1 is 1.33 bits per heavy atom. The van der Waals surface area contributed by atoms with Gasteiger partial charge >= 0.3 is 51.4 Å². The fraction of sp³-hybridized carbons (Fsp3) is 0. The van der Waals surface area contributed by atoms with Crippen LogP contribution in [0, 0.1) is 0 Å². The standard InChI is InChI=1S/C6H5BrO3S.K/c7-5-2-1-3-6(4-5)11(8,9)10;/h1-4H,(H,8,9,10);/q;+1/p-1. The van der Waals surface area contributed by atoms with Gasteiger partial charge in [-0.15, -0.1) is 0 Å². The number of rotatable bonds is 1. The van der Waals surface area contributed by atoms with Crippen molar-refractivity contribution in [3.63, 3.8) is 0 Å². The number of halogens is 1. The third-order valence-electron chi connectivity index (χ3n) is 1.08. The van der Waals surface area contributed by atoms with Crippen molar-refractivity contribution in [3.05, 3.63) is 28.7 Å². The Morgan fingerprint density at radius 3 is 2.25 bits per heavy atom. The van der Waals surface area contributed by atoms with Gasteiger partial charge in [0.1, 0.15) is 10.1 Å². The summed E-state index contributed by atoms with van der Waals surface area (Å²) in [5, 5.41) is 0. The van der Waals surface area contributed by atoms with E-state index in [2.05, 4.69) is 15.9 Å². The fourth-order valence-corrected chi connectivity index (χ4v) is 1.69. The molecular formula is C6H4BrKO3S. The van der Waals surface area contributed by atoms with Gasteiger partial charge in [0, 0.05) is 4.47 Å². The molecule has 1 aromatic carbocycles. The van der Waals surface area contributed by atoms with Crippen LogP contribution < -0.4 is 51.4 Å². The van der Waals surface area contributed by atoms with Crippen LogP contribution in [0.5, 0.6) is 0 Å². The molecule has 0 aliphatic carbocycles. The molecule has 0 atom stereocenters. The molecule has 12 heavy (non-hydrogen) atoms. The summed E-state index contributed by atoms with van der Waals surface area (Å²) in [6.07, 6.45) is 0. The van der Waals surface area contributed by atoms with E-state index in [-0.39, 0.29) is 56.3 Å². The summed E-state index contributed by atoms with van der Waals surface area (Å²) in [7, 11) is -4.31. The van der Waals surface area contributed by atoms with Crippen molar-refractivity contribution in [2.45, 2.75) is 4.90 Å². The molecule has 0 saturated heterocycles. The van der Waals surface area contributed by atoms with Crippen LogP contribution in [0.4, 0.5) is 0 Å². The maximum absolute atomic E-state index is 10.4. The zero-order chi connectivity index (χ0) is 8.48. The predicted molar refractivity (Wildman–Crippen MR) is 42.1 cm³/mol. The van der Waals surface area contributed by atoms with Crippen molar-refractivity contribution in [1.29, 1.82) is 0 Å². The molecule has 1 aromatic rings. The Kier molecular flexibility index (Phi) is 5.75. The van der Waals surface area contributed by atoms with E-state index >= 15 is 0 Å². The molecule has 0 fully saturated rings. The normalized spacial score (nSPS) is 10.5. The Labute approximate surface area is 122 Å². The van der Waals surface area contributed by atoms with Crippen LogP contribution in [0.2, 0.25) is 0 Å². The molecule has 0 aliphatic rings. The first-order chi connectivity index (χ1) is 5.00. The minimum Gasteiger partial charge on any atom is -0.744 e. The summed E-state index contributed by atoms with van der Waals surface area (Å²) in [5.74, 6) is 0. The van der Waals surface area contributed by atoms with Crippen LogP contribution in [0.3, 0.4) is 0 Å². The maximum atomic E-state index is 10.4. The molecule has 3 nitrogen and oxygen atoms in total. The van der Waals surface area contributed by atoms with E-state index in [0.717, 1.165) is 0 Å². The van der Waals surface area contributed by atoms with E-state index in [0.29, 0.717) is 4.47 Å². The molecule has 0 aromatic heterocycles. The van der Waals surface area contributed by atoms with E-state index in [4.69, 9.17) is 0 Å². The van der Waals surface area contributed by atoms with Crippen molar-refractivity contribution >= 4 is 26.0 Å². The first-order valence-corrected chi connectivity index (χ1v) is 4.92. The molecule has 0 unspecified atom stereocenters. The Hall–Kier alpha value is 1.25. The SMILES string of the molecule is O=S(=O)([O-])c1cccc(Br)c1.[K+]. The van der Waals surface area contributed by atoms with Gasteiger partial charge in [0.2, 0.25) is 0 Å². The van der Waals surface area contributed by atoms with Gasteiger partial charge < -0.3 is 4.55 Å². The summed E-state index contributed by atoms with van der Waals surface area (Å²) in [4.78, 5) is -0.216. The fourth-order valence-electron chi connectivity index (χ4n) is 0.623. The van der Waals surface area contributed by atoms with Gasteiger partial charge in [0.05, 0.1) is 4.90 Å². The van der Waals surface area contributed by atoms with Crippen LogP contribution in [-0.4, -0.2) is 13.0 Å². The number of hydrogen-bond acceptors (Lipinski definition) is 3. The molecule has 0 saturated carbocycles. The molecule has 0 heterocycles. The minimum atomic E-state index is -4.31. The summed E-state index contributed by atoms with van der Waals surface area (Å²) < 4.78 is 31.8. The van der Waals surface area contributed by atoms with Gasteiger partial charge in [0.25, 0.3) is 0 Å². The molecule has 0 N–H and O–H groups in total. The van der Waals surface area contributed by atoms with Gasteiger partial charge in [0.15, 0.2) is 0 Å². The van der Waals surface area contributed by atoms with E-state index in [1.165, 1.54) is 18.2 Å². The van der Waals surface area contributed by atoms with Gasteiger partial charge in [-0.1, -0.05) is 22.0 Å². The zero-order valence-corrected chi connectivity index (χ0v) is 11.8. The molecular weight excluding hydrogens is 271 g/mol. The molecule has 0 radical (unpaired) electrons. The van der Waals surface area contributed by atoms with Gasteiger partial charge in [-0.3, -0.25) is 0 Å². The second kappa shape index (κ2) is 5.21. The van der Waals surface area contributed by atoms with Gasteiger partial charge in [-0.05, 0) is 18.2 Å². The average Bonchev–Trinajstić information content (AvgIpc) is 1.86. The maximum Gasteiger partial charge on any atom is 1.00 e. The first-order valence-electron chi connectivity index (χ1n) is 2.71. The van der Waals surface area contributed by atoms with Crippen LogP contribution in [0.25, 0.3) is 0 Å². The van der Waals surface area contributed by atoms with Crippen molar-refractivity contribution < 1.29 is 64.4 Å². The van der Waals surface area contributed by atoms with Gasteiger partial charge in [-0.25, -0.2) is 8.42 Å². The second-order valence-corrected chi connectivity index (χ2v) is 4.21. The summed E-state index contributed by atoms with van der Waals surface area (Å²) in [5.41, 5.74) is 0. The van der Waals surface area contributed by atoms with Crippen molar-refractivity contribution in [2.75, 3.05) is 0 Å². The molecule has 1 rings (SSSR count). The van der Waals surface area contributed by atoms with E-state index in [9.17, 15) is 13.0 Å². The quantitative estimate of drug-likeness (QED) is 0.456. The second-order valence-electron chi connectivity index (χ2n) is 1.91. The summed E-state index contributed by atoms with van der Waals surface area (Å²) >= 11 is 3.05. The average molecular weight is 275 g/mol. The van der Waals surface area contributed by atoms with Crippen LogP contribution >= 0.6 is 15.9 Å². The third-order valence-corrected chi connectivity index (χ3v) is 2.41. The molecule has 6 heteroatoms. The van der Waals surface area contributed by atoms with Gasteiger partial charge in [-0.2, -0.15) is 0 Å². The summed E-state index contributed by atoms with van der Waals surface area (Å²) in [6, 6.07) is 5.67. The topological polar surface area (TPSA) is 57.2 Å². The van der Waals surface area contributed by atoms with Crippen LogP contribution in [-0.2, 0) is 10.1 Å². The molecule has 0 aliphatic heterocycles. The molecule has 60 valence electrons.